The van der Waals surface area contributed by atoms with Crippen LogP contribution in [0.1, 0.15) is 26.7 Å². The average molecular weight is 226 g/mol. The van der Waals surface area contributed by atoms with E-state index in [2.05, 4.69) is 24.1 Å². The van der Waals surface area contributed by atoms with Gasteiger partial charge >= 0.3 is 0 Å². The third-order valence-electron chi connectivity index (χ3n) is 4.02. The summed E-state index contributed by atoms with van der Waals surface area (Å²) in [6.07, 6.45) is 3.03. The van der Waals surface area contributed by atoms with E-state index in [0.717, 1.165) is 31.5 Å². The molecule has 0 amide bonds. The van der Waals surface area contributed by atoms with Crippen molar-refractivity contribution >= 4 is 0 Å². The monoisotopic (exact) mass is 226 g/mol. The molecule has 2 fully saturated rings. The predicted octanol–water partition coefficient (Wildman–Crippen LogP) is 1.34. The lowest BCUT2D eigenvalue weighted by Crippen LogP contribution is -2.40. The van der Waals surface area contributed by atoms with E-state index in [4.69, 9.17) is 4.74 Å². The van der Waals surface area contributed by atoms with Gasteiger partial charge in [-0.15, -0.1) is 0 Å². The molecule has 2 saturated heterocycles. The minimum absolute atomic E-state index is 0.451. The van der Waals surface area contributed by atoms with E-state index >= 15 is 0 Å². The molecular weight excluding hydrogens is 200 g/mol. The smallest absolute Gasteiger partial charge is 0.0712 e. The Balaban J connectivity index is 1.63. The first-order chi connectivity index (χ1) is 7.75. The molecule has 2 heterocycles. The maximum absolute atomic E-state index is 5.72. The van der Waals surface area contributed by atoms with Crippen LogP contribution >= 0.6 is 0 Å². The fraction of sp³-hybridized carbons (Fsp3) is 1.00. The quantitative estimate of drug-likeness (QED) is 0.783. The van der Waals surface area contributed by atoms with Gasteiger partial charge in [0.1, 0.15) is 0 Å². The Hall–Kier alpha value is -0.120. The fourth-order valence-electron chi connectivity index (χ4n) is 2.74. The van der Waals surface area contributed by atoms with Crippen LogP contribution in [-0.4, -0.2) is 50.3 Å². The molecule has 0 bridgehead atoms. The number of rotatable bonds is 4. The lowest BCUT2D eigenvalue weighted by Gasteiger charge is -2.26. The molecule has 2 aliphatic heterocycles. The van der Waals surface area contributed by atoms with Crippen LogP contribution in [0.4, 0.5) is 0 Å². The molecule has 16 heavy (non-hydrogen) atoms. The Kier molecular flexibility index (Phi) is 4.62. The van der Waals surface area contributed by atoms with E-state index in [1.165, 1.54) is 32.5 Å². The normalized spacial score (nSPS) is 32.4. The first kappa shape index (κ1) is 12.3. The lowest BCUT2D eigenvalue weighted by atomic mass is 9.95. The average Bonchev–Trinajstić information content (AvgIpc) is 2.76. The highest BCUT2D eigenvalue weighted by atomic mass is 16.5. The molecule has 3 nitrogen and oxygen atoms in total. The van der Waals surface area contributed by atoms with E-state index in [1.54, 1.807) is 0 Å². The van der Waals surface area contributed by atoms with Crippen LogP contribution in [0.3, 0.4) is 0 Å². The Morgan fingerprint density at radius 3 is 2.94 bits per heavy atom. The van der Waals surface area contributed by atoms with E-state index in [1.807, 2.05) is 0 Å². The predicted molar refractivity (Wildman–Crippen MR) is 66.6 cm³/mol. The van der Waals surface area contributed by atoms with Crippen molar-refractivity contribution in [3.05, 3.63) is 0 Å². The van der Waals surface area contributed by atoms with Crippen molar-refractivity contribution in [2.45, 2.75) is 32.8 Å². The third-order valence-corrected chi connectivity index (χ3v) is 4.02. The number of nitrogens with zero attached hydrogens (tertiary/aromatic N) is 1. The molecule has 2 rings (SSSR count). The summed E-state index contributed by atoms with van der Waals surface area (Å²) in [6.45, 7) is 11.5. The van der Waals surface area contributed by atoms with Crippen LogP contribution < -0.4 is 5.32 Å². The molecular formula is C13H26N2O. The van der Waals surface area contributed by atoms with Gasteiger partial charge in [0, 0.05) is 26.2 Å². The second-order valence-corrected chi connectivity index (χ2v) is 5.58. The molecule has 0 saturated carbocycles. The van der Waals surface area contributed by atoms with Crippen LogP contribution in [0.2, 0.25) is 0 Å². The Morgan fingerprint density at radius 2 is 2.31 bits per heavy atom. The number of ether oxygens (including phenoxy) is 1. The molecule has 94 valence electrons. The summed E-state index contributed by atoms with van der Waals surface area (Å²) >= 11 is 0. The summed E-state index contributed by atoms with van der Waals surface area (Å²) in [5.74, 6) is 1.77. The Labute approximate surface area is 99.5 Å². The SMILES string of the molecule is CC(C)C1CCN(CCC2CNCCO2)C1. The van der Waals surface area contributed by atoms with Crippen LogP contribution in [0, 0.1) is 11.8 Å². The number of likely N-dealkylation sites (tertiary alicyclic amines) is 1. The molecule has 2 unspecified atom stereocenters. The topological polar surface area (TPSA) is 24.5 Å². The van der Waals surface area contributed by atoms with Gasteiger partial charge in [0.15, 0.2) is 0 Å². The maximum Gasteiger partial charge on any atom is 0.0712 e. The molecule has 2 atom stereocenters. The van der Waals surface area contributed by atoms with E-state index in [-0.39, 0.29) is 0 Å². The molecule has 0 aromatic carbocycles. The lowest BCUT2D eigenvalue weighted by molar-refractivity contribution is 0.0184. The van der Waals surface area contributed by atoms with Crippen LogP contribution in [0.5, 0.6) is 0 Å². The number of nitrogens with one attached hydrogen (secondary N) is 1. The zero-order valence-electron chi connectivity index (χ0n) is 10.7. The van der Waals surface area contributed by atoms with Gasteiger partial charge < -0.3 is 15.0 Å². The summed E-state index contributed by atoms with van der Waals surface area (Å²) in [5, 5.41) is 3.39. The summed E-state index contributed by atoms with van der Waals surface area (Å²) in [5.41, 5.74) is 0. The molecule has 3 heteroatoms. The van der Waals surface area contributed by atoms with Crippen molar-refractivity contribution in [2.24, 2.45) is 11.8 Å². The van der Waals surface area contributed by atoms with Crippen molar-refractivity contribution in [2.75, 3.05) is 39.3 Å². The number of morpholine rings is 1. The van der Waals surface area contributed by atoms with Crippen molar-refractivity contribution in [1.29, 1.82) is 0 Å². The summed E-state index contributed by atoms with van der Waals surface area (Å²) in [4.78, 5) is 2.61. The second-order valence-electron chi connectivity index (χ2n) is 5.58. The van der Waals surface area contributed by atoms with Gasteiger partial charge in [0.25, 0.3) is 0 Å². The summed E-state index contributed by atoms with van der Waals surface area (Å²) in [6, 6.07) is 0. The number of hydrogen-bond acceptors (Lipinski definition) is 3. The van der Waals surface area contributed by atoms with Crippen molar-refractivity contribution in [1.82, 2.24) is 10.2 Å². The van der Waals surface area contributed by atoms with Gasteiger partial charge in [-0.1, -0.05) is 13.8 Å². The largest absolute Gasteiger partial charge is 0.376 e. The molecule has 0 spiro atoms. The van der Waals surface area contributed by atoms with Crippen molar-refractivity contribution in [3.8, 4) is 0 Å². The molecule has 0 radical (unpaired) electrons. The molecule has 0 aromatic rings. The Morgan fingerprint density at radius 1 is 1.44 bits per heavy atom. The maximum atomic E-state index is 5.72. The minimum atomic E-state index is 0.451. The zero-order chi connectivity index (χ0) is 11.4. The van der Waals surface area contributed by atoms with E-state index < -0.39 is 0 Å². The highest BCUT2D eigenvalue weighted by Crippen LogP contribution is 2.23. The van der Waals surface area contributed by atoms with E-state index in [0.29, 0.717) is 6.10 Å². The molecule has 2 aliphatic rings. The fourth-order valence-corrected chi connectivity index (χ4v) is 2.74. The van der Waals surface area contributed by atoms with Gasteiger partial charge in [-0.25, -0.2) is 0 Å². The number of hydrogen-bond donors (Lipinski definition) is 1. The van der Waals surface area contributed by atoms with Gasteiger partial charge in [-0.3, -0.25) is 0 Å². The van der Waals surface area contributed by atoms with Gasteiger partial charge in [0.05, 0.1) is 12.7 Å². The molecule has 0 aliphatic carbocycles. The zero-order valence-corrected chi connectivity index (χ0v) is 10.7. The Bertz CT molecular complexity index is 202. The van der Waals surface area contributed by atoms with E-state index in [9.17, 15) is 0 Å². The highest BCUT2D eigenvalue weighted by molar-refractivity contribution is 4.79. The van der Waals surface area contributed by atoms with Crippen molar-refractivity contribution in [3.63, 3.8) is 0 Å². The standard InChI is InChI=1S/C13H26N2O/c1-11(2)12-3-6-15(10-12)7-4-13-9-14-5-8-16-13/h11-14H,3-10H2,1-2H3. The first-order valence-electron chi connectivity index (χ1n) is 6.80. The minimum Gasteiger partial charge on any atom is -0.376 e. The van der Waals surface area contributed by atoms with Crippen LogP contribution in [0.15, 0.2) is 0 Å². The van der Waals surface area contributed by atoms with Gasteiger partial charge in [0.2, 0.25) is 0 Å². The first-order valence-corrected chi connectivity index (χ1v) is 6.80. The van der Waals surface area contributed by atoms with Crippen molar-refractivity contribution < 1.29 is 4.74 Å². The van der Waals surface area contributed by atoms with Crippen LogP contribution in [-0.2, 0) is 4.74 Å². The van der Waals surface area contributed by atoms with Gasteiger partial charge in [-0.05, 0) is 31.2 Å². The highest BCUT2D eigenvalue weighted by Gasteiger charge is 2.25. The van der Waals surface area contributed by atoms with Gasteiger partial charge in [-0.2, -0.15) is 0 Å². The summed E-state index contributed by atoms with van der Waals surface area (Å²) < 4.78 is 5.72. The molecule has 1 N–H and O–H groups in total. The van der Waals surface area contributed by atoms with Crippen LogP contribution in [0.25, 0.3) is 0 Å². The second kappa shape index (κ2) is 5.99. The third kappa shape index (κ3) is 3.44. The molecule has 0 aromatic heterocycles. The summed E-state index contributed by atoms with van der Waals surface area (Å²) in [7, 11) is 0.